The Balaban J connectivity index is 3.48. The van der Waals surface area contributed by atoms with Gasteiger partial charge in [-0.1, -0.05) is 24.6 Å². The number of allylic oxidation sites excluding steroid dienone is 3. The van der Waals surface area contributed by atoms with E-state index in [0.29, 0.717) is 12.5 Å². The first kappa shape index (κ1) is 16.0. The molecule has 0 radical (unpaired) electrons. The number of hydrogen-bond donors (Lipinski definition) is 0. The van der Waals surface area contributed by atoms with E-state index in [0.717, 1.165) is 19.3 Å². The van der Waals surface area contributed by atoms with Gasteiger partial charge in [0, 0.05) is 6.08 Å². The molecule has 17 heavy (non-hydrogen) atoms. The lowest BCUT2D eigenvalue weighted by atomic mass is 9.99. The Bertz CT molecular complexity index is 260. The van der Waals surface area contributed by atoms with Crippen molar-refractivity contribution in [2.45, 2.75) is 53.4 Å². The van der Waals surface area contributed by atoms with Crippen LogP contribution in [0.15, 0.2) is 23.8 Å². The Labute approximate surface area is 106 Å². The van der Waals surface area contributed by atoms with Crippen LogP contribution in [0.3, 0.4) is 0 Å². The van der Waals surface area contributed by atoms with E-state index in [1.54, 1.807) is 6.08 Å². The van der Waals surface area contributed by atoms with Gasteiger partial charge in [0.25, 0.3) is 0 Å². The van der Waals surface area contributed by atoms with E-state index in [1.807, 2.05) is 6.92 Å². The zero-order valence-corrected chi connectivity index (χ0v) is 11.7. The van der Waals surface area contributed by atoms with Crippen LogP contribution < -0.4 is 0 Å². The SMILES string of the molecule is C/C=C/C(=O)OCCCC(C)CCC=C(C)C. The van der Waals surface area contributed by atoms with Crippen LogP contribution in [0, 0.1) is 5.92 Å². The second-order valence-electron chi connectivity index (χ2n) is 4.77. The highest BCUT2D eigenvalue weighted by Gasteiger charge is 2.02. The molecule has 0 bridgehead atoms. The molecule has 0 aliphatic rings. The van der Waals surface area contributed by atoms with E-state index >= 15 is 0 Å². The molecule has 0 aliphatic carbocycles. The summed E-state index contributed by atoms with van der Waals surface area (Å²) in [6.45, 7) is 8.87. The average molecular weight is 238 g/mol. The molecule has 98 valence electrons. The highest BCUT2D eigenvalue weighted by molar-refractivity contribution is 5.81. The van der Waals surface area contributed by atoms with Crippen LogP contribution in [0.2, 0.25) is 0 Å². The maximum Gasteiger partial charge on any atom is 0.330 e. The number of ether oxygens (including phenoxy) is 1. The summed E-state index contributed by atoms with van der Waals surface area (Å²) in [6.07, 6.45) is 9.89. The zero-order valence-electron chi connectivity index (χ0n) is 11.7. The number of rotatable bonds is 8. The third kappa shape index (κ3) is 11.2. The van der Waals surface area contributed by atoms with E-state index in [1.165, 1.54) is 18.1 Å². The molecule has 0 heterocycles. The third-order valence-electron chi connectivity index (χ3n) is 2.60. The molecule has 0 rings (SSSR count). The van der Waals surface area contributed by atoms with Gasteiger partial charge < -0.3 is 4.74 Å². The molecular weight excluding hydrogens is 212 g/mol. The van der Waals surface area contributed by atoms with Crippen LogP contribution in [-0.4, -0.2) is 12.6 Å². The molecule has 0 saturated carbocycles. The fourth-order valence-corrected chi connectivity index (χ4v) is 1.59. The molecule has 0 aliphatic heterocycles. The summed E-state index contributed by atoms with van der Waals surface area (Å²) in [4.78, 5) is 11.0. The van der Waals surface area contributed by atoms with Crippen LogP contribution in [0.1, 0.15) is 53.4 Å². The topological polar surface area (TPSA) is 26.3 Å². The average Bonchev–Trinajstić information content (AvgIpc) is 2.24. The molecule has 1 unspecified atom stereocenters. The number of carbonyl (C=O) groups is 1. The summed E-state index contributed by atoms with van der Waals surface area (Å²) in [7, 11) is 0. The largest absolute Gasteiger partial charge is 0.463 e. The van der Waals surface area contributed by atoms with Gasteiger partial charge in [0.1, 0.15) is 0 Å². The number of hydrogen-bond acceptors (Lipinski definition) is 2. The van der Waals surface area contributed by atoms with Crippen molar-refractivity contribution in [3.8, 4) is 0 Å². The quantitative estimate of drug-likeness (QED) is 0.273. The minimum Gasteiger partial charge on any atom is -0.463 e. The van der Waals surface area contributed by atoms with Gasteiger partial charge in [-0.05, 0) is 52.4 Å². The summed E-state index contributed by atoms with van der Waals surface area (Å²) < 4.78 is 5.04. The van der Waals surface area contributed by atoms with Crippen LogP contribution in [0.4, 0.5) is 0 Å². The van der Waals surface area contributed by atoms with Crippen molar-refractivity contribution in [3.63, 3.8) is 0 Å². The van der Waals surface area contributed by atoms with Gasteiger partial charge in [-0.15, -0.1) is 0 Å². The zero-order chi connectivity index (χ0) is 13.1. The van der Waals surface area contributed by atoms with Crippen LogP contribution in [-0.2, 0) is 9.53 Å². The van der Waals surface area contributed by atoms with Crippen molar-refractivity contribution in [1.82, 2.24) is 0 Å². The van der Waals surface area contributed by atoms with E-state index < -0.39 is 0 Å². The van der Waals surface area contributed by atoms with Gasteiger partial charge in [0.05, 0.1) is 6.61 Å². The van der Waals surface area contributed by atoms with Gasteiger partial charge in [-0.3, -0.25) is 0 Å². The number of carbonyl (C=O) groups excluding carboxylic acids is 1. The minimum absolute atomic E-state index is 0.232. The molecule has 0 N–H and O–H groups in total. The Kier molecular flexibility index (Phi) is 9.50. The van der Waals surface area contributed by atoms with Crippen molar-refractivity contribution in [3.05, 3.63) is 23.8 Å². The molecule has 1 atom stereocenters. The third-order valence-corrected chi connectivity index (χ3v) is 2.60. The molecular formula is C15H26O2. The van der Waals surface area contributed by atoms with Gasteiger partial charge >= 0.3 is 5.97 Å². The Hall–Kier alpha value is -1.05. The second-order valence-corrected chi connectivity index (χ2v) is 4.77. The van der Waals surface area contributed by atoms with Crippen molar-refractivity contribution >= 4 is 5.97 Å². The molecule has 2 nitrogen and oxygen atoms in total. The van der Waals surface area contributed by atoms with E-state index in [2.05, 4.69) is 26.8 Å². The monoisotopic (exact) mass is 238 g/mol. The van der Waals surface area contributed by atoms with Gasteiger partial charge in [0.15, 0.2) is 0 Å². The fraction of sp³-hybridized carbons (Fsp3) is 0.667. The Morgan fingerprint density at radius 3 is 2.59 bits per heavy atom. The summed E-state index contributed by atoms with van der Waals surface area (Å²) in [5, 5.41) is 0. The highest BCUT2D eigenvalue weighted by Crippen LogP contribution is 2.13. The Morgan fingerprint density at radius 2 is 2.00 bits per heavy atom. The van der Waals surface area contributed by atoms with Crippen molar-refractivity contribution in [2.24, 2.45) is 5.92 Å². The van der Waals surface area contributed by atoms with Crippen LogP contribution in [0.25, 0.3) is 0 Å². The normalized spacial score (nSPS) is 12.5. The smallest absolute Gasteiger partial charge is 0.330 e. The maximum atomic E-state index is 11.0. The van der Waals surface area contributed by atoms with Crippen molar-refractivity contribution in [2.75, 3.05) is 6.61 Å². The fourth-order valence-electron chi connectivity index (χ4n) is 1.59. The summed E-state index contributed by atoms with van der Waals surface area (Å²) in [5.41, 5.74) is 1.39. The Morgan fingerprint density at radius 1 is 1.29 bits per heavy atom. The molecule has 0 aromatic heterocycles. The highest BCUT2D eigenvalue weighted by atomic mass is 16.5. The lowest BCUT2D eigenvalue weighted by Crippen LogP contribution is -2.04. The predicted octanol–water partition coefficient (Wildman–Crippen LogP) is 4.27. The van der Waals surface area contributed by atoms with E-state index in [4.69, 9.17) is 4.74 Å². The maximum absolute atomic E-state index is 11.0. The van der Waals surface area contributed by atoms with Crippen molar-refractivity contribution < 1.29 is 9.53 Å². The molecule has 0 aromatic carbocycles. The van der Waals surface area contributed by atoms with E-state index in [-0.39, 0.29) is 5.97 Å². The first-order chi connectivity index (χ1) is 8.06. The standard InChI is InChI=1S/C15H26O2/c1-5-8-15(16)17-12-7-11-14(4)10-6-9-13(2)3/h5,8-9,14H,6-7,10-12H2,1-4H3/b8-5+. The summed E-state index contributed by atoms with van der Waals surface area (Å²) >= 11 is 0. The molecule has 0 fully saturated rings. The molecule has 2 heteroatoms. The lowest BCUT2D eigenvalue weighted by molar-refractivity contribution is -0.137. The molecule has 0 spiro atoms. The van der Waals surface area contributed by atoms with Crippen LogP contribution in [0.5, 0.6) is 0 Å². The molecule has 0 aromatic rings. The molecule has 0 amide bonds. The van der Waals surface area contributed by atoms with Gasteiger partial charge in [-0.2, -0.15) is 0 Å². The first-order valence-electron chi connectivity index (χ1n) is 6.49. The van der Waals surface area contributed by atoms with Crippen LogP contribution >= 0.6 is 0 Å². The van der Waals surface area contributed by atoms with Crippen molar-refractivity contribution in [1.29, 1.82) is 0 Å². The second kappa shape index (κ2) is 10.1. The number of esters is 1. The first-order valence-corrected chi connectivity index (χ1v) is 6.49. The molecule has 0 saturated heterocycles. The summed E-state index contributed by atoms with van der Waals surface area (Å²) in [5.74, 6) is 0.468. The minimum atomic E-state index is -0.232. The summed E-state index contributed by atoms with van der Waals surface area (Å²) in [6, 6.07) is 0. The van der Waals surface area contributed by atoms with E-state index in [9.17, 15) is 4.79 Å². The van der Waals surface area contributed by atoms with Gasteiger partial charge in [-0.25, -0.2) is 4.79 Å². The predicted molar refractivity (Wildman–Crippen MR) is 72.8 cm³/mol. The lowest BCUT2D eigenvalue weighted by Gasteiger charge is -2.09. The van der Waals surface area contributed by atoms with Gasteiger partial charge in [0.2, 0.25) is 0 Å².